The molecule has 78 heavy (non-hydrogen) atoms. The van der Waals surface area contributed by atoms with Gasteiger partial charge in [0.2, 0.25) is 35.4 Å². The van der Waals surface area contributed by atoms with Crippen molar-refractivity contribution >= 4 is 53.4 Å². The summed E-state index contributed by atoms with van der Waals surface area (Å²) in [5.41, 5.74) is -1.53. The maximum Gasteiger partial charge on any atom is 0.308 e. The highest BCUT2D eigenvalue weighted by Gasteiger charge is 2.60. The van der Waals surface area contributed by atoms with E-state index in [-0.39, 0.29) is 147 Å². The monoisotopic (exact) mass is 1080 g/mol. The van der Waals surface area contributed by atoms with E-state index in [4.69, 9.17) is 33.5 Å². The Hall–Kier alpha value is -6.25. The minimum Gasteiger partial charge on any atom is -0.460 e. The lowest BCUT2D eigenvalue weighted by Crippen LogP contribution is -2.35. The molecule has 2 saturated heterocycles. The maximum absolute atomic E-state index is 12.7. The summed E-state index contributed by atoms with van der Waals surface area (Å²) in [4.78, 5) is 117. The zero-order chi connectivity index (χ0) is 57.3. The zero-order valence-electron chi connectivity index (χ0n) is 47.2. The van der Waals surface area contributed by atoms with Crippen LogP contribution in [0, 0.1) is 84.4 Å². The van der Waals surface area contributed by atoms with Gasteiger partial charge in [-0.25, -0.2) is 0 Å². The van der Waals surface area contributed by atoms with E-state index in [1.54, 1.807) is 41.5 Å². The number of hydrogen-bond donors (Lipinski definition) is 1. The summed E-state index contributed by atoms with van der Waals surface area (Å²) >= 11 is 0. The van der Waals surface area contributed by atoms with Crippen LogP contribution in [0.4, 0.5) is 0 Å². The lowest BCUT2D eigenvalue weighted by atomic mass is 9.85. The normalized spacial score (nSPS) is 22.9. The fourth-order valence-electron chi connectivity index (χ4n) is 10.9. The molecule has 1 N–H and O–H groups in total. The van der Waals surface area contributed by atoms with E-state index in [0.717, 1.165) is 25.7 Å². The number of nitrogens with zero attached hydrogens (tertiary/aromatic N) is 4. The molecule has 4 aliphatic carbocycles. The number of likely N-dealkylation sites (tertiary alicyclic amines) is 2. The number of amides is 6. The number of imide groups is 2. The standard InChI is InChI=1S/2C25H34N2O5.C10H17NO2.CH4/c2*1-5-13-26(15-12-20(29)32-25(2,3)4)19(28)9-7-6-8-14-27-23(30)21-17-10-11-18(16-17)22(21)24(27)31;1-5-7-11-8-6-9(12)13-10(2,3)4;/h2*1,10-11,17-18,21-22H,6-9,12-16H2,2-4H3;1,11H,6-8H2,2-4H3;1H4/t2*17-,18+,21+,22-;;. The molecule has 8 atom stereocenters. The van der Waals surface area contributed by atoms with Crippen LogP contribution in [-0.2, 0) is 57.4 Å². The number of rotatable bonds is 24. The number of hydrogen-bond acceptors (Lipinski definition) is 13. The number of ether oxygens (including phenoxy) is 3. The fourth-order valence-corrected chi connectivity index (χ4v) is 10.9. The van der Waals surface area contributed by atoms with Crippen LogP contribution >= 0.6 is 0 Å². The van der Waals surface area contributed by atoms with Crippen LogP contribution in [0.3, 0.4) is 0 Å². The first-order chi connectivity index (χ1) is 36.2. The van der Waals surface area contributed by atoms with Crippen LogP contribution in [0.2, 0.25) is 0 Å². The maximum atomic E-state index is 12.7. The van der Waals surface area contributed by atoms with Crippen molar-refractivity contribution in [2.24, 2.45) is 47.3 Å². The molecular weight excluding hydrogens is 995 g/mol. The summed E-state index contributed by atoms with van der Waals surface area (Å²) in [6.07, 6.45) is 31.3. The van der Waals surface area contributed by atoms with Crippen molar-refractivity contribution in [3.05, 3.63) is 24.3 Å². The lowest BCUT2D eigenvalue weighted by molar-refractivity contribution is -0.156. The van der Waals surface area contributed by atoms with Crippen molar-refractivity contribution < 1.29 is 57.4 Å². The molecule has 17 heteroatoms. The number of terminal acetylenes is 3. The molecule has 17 nitrogen and oxygen atoms in total. The highest BCUT2D eigenvalue weighted by atomic mass is 16.6. The summed E-state index contributed by atoms with van der Waals surface area (Å²) in [6, 6.07) is 0. The molecule has 6 amide bonds. The number of fused-ring (bicyclic) bond motifs is 10. The number of nitrogens with one attached hydrogen (secondary N) is 1. The molecular formula is C61H89N5O12. The average molecular weight is 1080 g/mol. The van der Waals surface area contributed by atoms with Crippen molar-refractivity contribution in [2.45, 2.75) is 170 Å². The van der Waals surface area contributed by atoms with Gasteiger partial charge in [-0.15, -0.1) is 19.3 Å². The highest BCUT2D eigenvalue weighted by Crippen LogP contribution is 2.53. The number of allylic oxidation sites excluding steroid dienone is 4. The van der Waals surface area contributed by atoms with Crippen molar-refractivity contribution in [2.75, 3.05) is 52.4 Å². The van der Waals surface area contributed by atoms with Gasteiger partial charge in [0, 0.05) is 45.6 Å². The van der Waals surface area contributed by atoms with Gasteiger partial charge in [0.05, 0.1) is 62.6 Å². The van der Waals surface area contributed by atoms with Gasteiger partial charge in [-0.2, -0.15) is 0 Å². The first-order valence-corrected chi connectivity index (χ1v) is 27.5. The molecule has 0 aromatic rings. The van der Waals surface area contributed by atoms with E-state index in [2.05, 4.69) is 47.4 Å². The summed E-state index contributed by atoms with van der Waals surface area (Å²) in [6.45, 7) is 19.0. The van der Waals surface area contributed by atoms with Gasteiger partial charge in [-0.05, 0) is 125 Å². The van der Waals surface area contributed by atoms with E-state index in [0.29, 0.717) is 71.1 Å². The largest absolute Gasteiger partial charge is 0.460 e. The molecule has 6 aliphatic rings. The molecule has 2 heterocycles. The molecule has 0 unspecified atom stereocenters. The third kappa shape index (κ3) is 19.9. The Labute approximate surface area is 465 Å². The van der Waals surface area contributed by atoms with Gasteiger partial charge in [0.25, 0.3) is 0 Å². The van der Waals surface area contributed by atoms with E-state index in [1.165, 1.54) is 19.6 Å². The zero-order valence-corrected chi connectivity index (χ0v) is 47.2. The van der Waals surface area contributed by atoms with Crippen molar-refractivity contribution in [1.29, 1.82) is 0 Å². The Balaban J connectivity index is 0.000000333. The predicted octanol–water partition coefficient (Wildman–Crippen LogP) is 6.67. The van der Waals surface area contributed by atoms with Crippen LogP contribution in [0.5, 0.6) is 0 Å². The van der Waals surface area contributed by atoms with Gasteiger partial charge < -0.3 is 29.3 Å². The number of esters is 3. The molecule has 430 valence electrons. The van der Waals surface area contributed by atoms with Gasteiger partial charge >= 0.3 is 17.9 Å². The average Bonchev–Trinajstić information content (AvgIpc) is 4.21. The first kappa shape index (κ1) is 66.0. The van der Waals surface area contributed by atoms with E-state index < -0.39 is 16.8 Å². The number of carbonyl (C=O) groups is 9. The Morgan fingerprint density at radius 1 is 0.513 bits per heavy atom. The Kier molecular flexibility index (Phi) is 25.6. The SMILES string of the molecule is C.C#CCN(CCC(=O)OC(C)(C)C)C(=O)CCCCCN1C(=O)[C@@H]2[C@H](C1=O)[C@H]1C=C[C@@H]2C1.C#CCN(CCC(=O)OC(C)(C)C)C(=O)CCCCCN1C(=O)[C@@H]2[C@H](C1=O)[C@H]1C=C[C@@H]2C1.C#CCNCCC(=O)OC(C)(C)C. The van der Waals surface area contributed by atoms with Crippen molar-refractivity contribution in [3.63, 3.8) is 0 Å². The lowest BCUT2D eigenvalue weighted by Gasteiger charge is -2.23. The fraction of sp³-hybridized carbons (Fsp3) is 0.689. The van der Waals surface area contributed by atoms with Gasteiger partial charge in [-0.3, -0.25) is 53.0 Å². The Morgan fingerprint density at radius 2 is 0.833 bits per heavy atom. The van der Waals surface area contributed by atoms with E-state index in [1.807, 2.05) is 20.8 Å². The number of unbranched alkanes of at least 4 members (excludes halogenated alkanes) is 4. The first-order valence-electron chi connectivity index (χ1n) is 27.5. The molecule has 0 radical (unpaired) electrons. The van der Waals surface area contributed by atoms with Gasteiger partial charge in [-0.1, -0.05) is 62.3 Å². The number of carbonyl (C=O) groups excluding carboxylic acids is 9. The minimum absolute atomic E-state index is 0. The third-order valence-corrected chi connectivity index (χ3v) is 14.1. The second-order valence-corrected chi connectivity index (χ2v) is 23.7. The molecule has 2 saturated carbocycles. The molecule has 0 spiro atoms. The van der Waals surface area contributed by atoms with Crippen LogP contribution in [0.25, 0.3) is 0 Å². The van der Waals surface area contributed by atoms with Crippen LogP contribution in [0.1, 0.15) is 153 Å². The second-order valence-electron chi connectivity index (χ2n) is 23.7. The summed E-state index contributed by atoms with van der Waals surface area (Å²) in [5, 5.41) is 2.91. The summed E-state index contributed by atoms with van der Waals surface area (Å²) < 4.78 is 15.6. The quantitative estimate of drug-likeness (QED) is 0.0268. The third-order valence-electron chi connectivity index (χ3n) is 14.1. The van der Waals surface area contributed by atoms with Crippen LogP contribution in [0.15, 0.2) is 24.3 Å². The van der Waals surface area contributed by atoms with Gasteiger partial charge in [0.1, 0.15) is 16.8 Å². The molecule has 4 fully saturated rings. The molecule has 6 rings (SSSR count). The van der Waals surface area contributed by atoms with Crippen LogP contribution < -0.4 is 5.32 Å². The van der Waals surface area contributed by atoms with E-state index >= 15 is 0 Å². The van der Waals surface area contributed by atoms with E-state index in [9.17, 15) is 43.2 Å². The van der Waals surface area contributed by atoms with Crippen molar-refractivity contribution in [1.82, 2.24) is 24.9 Å². The smallest absolute Gasteiger partial charge is 0.308 e. The molecule has 0 aromatic heterocycles. The Bertz CT molecular complexity index is 2140. The summed E-state index contributed by atoms with van der Waals surface area (Å²) in [5.74, 6) is 6.48. The molecule has 4 bridgehead atoms. The minimum atomic E-state index is -0.565. The summed E-state index contributed by atoms with van der Waals surface area (Å²) in [7, 11) is 0. The van der Waals surface area contributed by atoms with Gasteiger partial charge in [0.15, 0.2) is 0 Å². The van der Waals surface area contributed by atoms with Crippen LogP contribution in [-0.4, -0.2) is 142 Å². The van der Waals surface area contributed by atoms with Crippen molar-refractivity contribution in [3.8, 4) is 37.0 Å². The Morgan fingerprint density at radius 3 is 1.13 bits per heavy atom. The predicted molar refractivity (Wildman–Crippen MR) is 296 cm³/mol. The molecule has 2 aliphatic heterocycles. The topological polar surface area (TPSA) is 206 Å². The highest BCUT2D eigenvalue weighted by molar-refractivity contribution is 6.07. The second kappa shape index (κ2) is 30.2. The molecule has 0 aromatic carbocycles.